The summed E-state index contributed by atoms with van der Waals surface area (Å²) in [6, 6.07) is 3.94. The SMILES string of the molecule is O=C1NCCCc2cnc(Nc3ccc(N4CCNCC4)cn3)nc2N(C2CCCC2)C1=O. The molecule has 2 amide bonds. The van der Waals surface area contributed by atoms with Gasteiger partial charge < -0.3 is 20.9 Å². The number of carbonyl (C=O) groups is 2. The van der Waals surface area contributed by atoms with E-state index in [1.54, 1.807) is 11.1 Å². The largest absolute Gasteiger partial charge is 0.368 e. The Balaban J connectivity index is 1.41. The van der Waals surface area contributed by atoms with Crippen LogP contribution >= 0.6 is 0 Å². The van der Waals surface area contributed by atoms with Crippen molar-refractivity contribution in [3.63, 3.8) is 0 Å². The number of nitrogens with one attached hydrogen (secondary N) is 3. The average Bonchev–Trinajstić information content (AvgIpc) is 3.39. The highest BCUT2D eigenvalue weighted by molar-refractivity contribution is 6.40. The van der Waals surface area contributed by atoms with E-state index in [1.807, 2.05) is 18.3 Å². The molecule has 0 aromatic carbocycles. The third kappa shape index (κ3) is 4.75. The molecule has 2 fully saturated rings. The third-order valence-corrected chi connectivity index (χ3v) is 6.55. The van der Waals surface area contributed by atoms with Crippen LogP contribution in [0.25, 0.3) is 0 Å². The second kappa shape index (κ2) is 9.70. The Bertz CT molecular complexity index is 1000. The number of rotatable bonds is 4. The van der Waals surface area contributed by atoms with Gasteiger partial charge in [0.2, 0.25) is 5.95 Å². The summed E-state index contributed by atoms with van der Waals surface area (Å²) in [5.41, 5.74) is 1.97. The molecule has 2 aliphatic heterocycles. The summed E-state index contributed by atoms with van der Waals surface area (Å²) in [5.74, 6) is 0.445. The van der Waals surface area contributed by atoms with Crippen LogP contribution in [-0.4, -0.2) is 65.5 Å². The summed E-state index contributed by atoms with van der Waals surface area (Å²) >= 11 is 0. The van der Waals surface area contributed by atoms with E-state index in [4.69, 9.17) is 4.98 Å². The number of fused-ring (bicyclic) bond motifs is 1. The summed E-state index contributed by atoms with van der Waals surface area (Å²) in [6.07, 6.45) is 8.89. The molecule has 2 aromatic rings. The predicted molar refractivity (Wildman–Crippen MR) is 126 cm³/mol. The number of aryl methyl sites for hydroxylation is 1. The lowest BCUT2D eigenvalue weighted by Crippen LogP contribution is -2.48. The zero-order valence-corrected chi connectivity index (χ0v) is 18.7. The van der Waals surface area contributed by atoms with Crippen molar-refractivity contribution in [3.05, 3.63) is 30.1 Å². The van der Waals surface area contributed by atoms with Gasteiger partial charge in [-0.2, -0.15) is 4.98 Å². The predicted octanol–water partition coefficient (Wildman–Crippen LogP) is 1.36. The minimum atomic E-state index is -0.562. The minimum absolute atomic E-state index is 0.0145. The minimum Gasteiger partial charge on any atom is -0.368 e. The third-order valence-electron chi connectivity index (χ3n) is 6.55. The monoisotopic (exact) mass is 450 g/mol. The average molecular weight is 451 g/mol. The molecule has 4 heterocycles. The van der Waals surface area contributed by atoms with Crippen LogP contribution in [0.15, 0.2) is 24.5 Å². The fourth-order valence-corrected chi connectivity index (χ4v) is 4.79. The maximum atomic E-state index is 13.1. The van der Waals surface area contributed by atoms with E-state index < -0.39 is 11.8 Å². The first-order valence-corrected chi connectivity index (χ1v) is 11.8. The summed E-state index contributed by atoms with van der Waals surface area (Å²) in [6.45, 7) is 4.32. The van der Waals surface area contributed by atoms with Crippen LogP contribution in [0, 0.1) is 0 Å². The first-order valence-electron chi connectivity index (χ1n) is 11.8. The number of aromatic nitrogens is 3. The molecule has 0 radical (unpaired) electrons. The number of anilines is 4. The molecule has 3 N–H and O–H groups in total. The maximum absolute atomic E-state index is 13.1. The van der Waals surface area contributed by atoms with Gasteiger partial charge in [-0.05, 0) is 37.8 Å². The molecule has 0 bridgehead atoms. The van der Waals surface area contributed by atoms with E-state index in [0.717, 1.165) is 69.5 Å². The Labute approximate surface area is 193 Å². The molecule has 1 aliphatic carbocycles. The van der Waals surface area contributed by atoms with Gasteiger partial charge in [-0.25, -0.2) is 9.97 Å². The molecule has 0 unspecified atom stereocenters. The summed E-state index contributed by atoms with van der Waals surface area (Å²) in [5, 5.41) is 9.26. The normalized spacial score (nSPS) is 20.0. The van der Waals surface area contributed by atoms with Gasteiger partial charge in [-0.3, -0.25) is 14.5 Å². The van der Waals surface area contributed by atoms with E-state index in [0.29, 0.717) is 30.5 Å². The summed E-state index contributed by atoms with van der Waals surface area (Å²) in [7, 11) is 0. The molecule has 0 spiro atoms. The van der Waals surface area contributed by atoms with Crippen LogP contribution < -0.4 is 25.8 Å². The topological polar surface area (TPSA) is 115 Å². The number of hydrogen-bond donors (Lipinski definition) is 3. The Morgan fingerprint density at radius 2 is 1.79 bits per heavy atom. The van der Waals surface area contributed by atoms with Crippen molar-refractivity contribution in [1.82, 2.24) is 25.6 Å². The number of carbonyl (C=O) groups excluding carboxylic acids is 2. The lowest BCUT2D eigenvalue weighted by molar-refractivity contribution is -0.137. The molecule has 5 rings (SSSR count). The van der Waals surface area contributed by atoms with Crippen LogP contribution in [0.1, 0.15) is 37.7 Å². The highest BCUT2D eigenvalue weighted by atomic mass is 16.2. The lowest BCUT2D eigenvalue weighted by Gasteiger charge is -2.29. The van der Waals surface area contributed by atoms with Crippen molar-refractivity contribution in [2.24, 2.45) is 0 Å². The Kier molecular flexibility index (Phi) is 6.34. The van der Waals surface area contributed by atoms with Crippen LogP contribution in [0.4, 0.5) is 23.3 Å². The second-order valence-electron chi connectivity index (χ2n) is 8.78. The number of nitrogens with zero attached hydrogens (tertiary/aromatic N) is 5. The van der Waals surface area contributed by atoms with Crippen molar-refractivity contribution < 1.29 is 9.59 Å². The standard InChI is InChI=1S/C23H30N8O2/c32-21-22(33)31(17-5-1-2-6-17)20-16(4-3-9-25-21)14-27-23(29-20)28-19-8-7-18(15-26-19)30-12-10-24-11-13-30/h7-8,14-15,17,24H,1-6,9-13H2,(H,25,32)(H,26,27,28,29). The van der Waals surface area contributed by atoms with Gasteiger partial charge in [-0.1, -0.05) is 12.8 Å². The fraction of sp³-hybridized carbons (Fsp3) is 0.522. The molecule has 2 aromatic heterocycles. The molecule has 1 saturated heterocycles. The van der Waals surface area contributed by atoms with E-state index in [-0.39, 0.29) is 6.04 Å². The van der Waals surface area contributed by atoms with Crippen LogP contribution in [0.2, 0.25) is 0 Å². The van der Waals surface area contributed by atoms with E-state index in [9.17, 15) is 9.59 Å². The highest BCUT2D eigenvalue weighted by Crippen LogP contribution is 2.31. The van der Waals surface area contributed by atoms with E-state index in [2.05, 4.69) is 30.8 Å². The fourth-order valence-electron chi connectivity index (χ4n) is 4.79. The summed E-state index contributed by atoms with van der Waals surface area (Å²) < 4.78 is 0. The quantitative estimate of drug-likeness (QED) is 0.598. The lowest BCUT2D eigenvalue weighted by atomic mass is 10.1. The molecule has 33 heavy (non-hydrogen) atoms. The molecular formula is C23H30N8O2. The number of amides is 2. The Morgan fingerprint density at radius 1 is 0.970 bits per heavy atom. The van der Waals surface area contributed by atoms with Crippen LogP contribution in [-0.2, 0) is 16.0 Å². The van der Waals surface area contributed by atoms with Gasteiger partial charge in [0.1, 0.15) is 11.6 Å². The zero-order valence-electron chi connectivity index (χ0n) is 18.7. The van der Waals surface area contributed by atoms with Gasteiger partial charge in [-0.15, -0.1) is 0 Å². The van der Waals surface area contributed by atoms with Crippen molar-refractivity contribution in [2.75, 3.05) is 47.8 Å². The second-order valence-corrected chi connectivity index (χ2v) is 8.78. The van der Waals surface area contributed by atoms with Crippen LogP contribution in [0.5, 0.6) is 0 Å². The van der Waals surface area contributed by atoms with Crippen molar-refractivity contribution in [2.45, 2.75) is 44.6 Å². The van der Waals surface area contributed by atoms with Crippen molar-refractivity contribution >= 4 is 35.1 Å². The van der Waals surface area contributed by atoms with E-state index in [1.165, 1.54) is 0 Å². The van der Waals surface area contributed by atoms with Gasteiger partial charge in [0, 0.05) is 50.5 Å². The molecule has 1 saturated carbocycles. The molecule has 10 nitrogen and oxygen atoms in total. The zero-order chi connectivity index (χ0) is 22.6. The Hall–Kier alpha value is -3.27. The Morgan fingerprint density at radius 3 is 2.55 bits per heavy atom. The smallest absolute Gasteiger partial charge is 0.317 e. The van der Waals surface area contributed by atoms with Crippen LogP contribution in [0.3, 0.4) is 0 Å². The van der Waals surface area contributed by atoms with Crippen molar-refractivity contribution in [1.29, 1.82) is 0 Å². The van der Waals surface area contributed by atoms with Gasteiger partial charge in [0.15, 0.2) is 0 Å². The molecule has 174 valence electrons. The van der Waals surface area contributed by atoms with Gasteiger partial charge >= 0.3 is 11.8 Å². The number of piperazine rings is 1. The highest BCUT2D eigenvalue weighted by Gasteiger charge is 2.35. The number of pyridine rings is 1. The number of hydrogen-bond acceptors (Lipinski definition) is 8. The first-order chi connectivity index (χ1) is 16.2. The molecular weight excluding hydrogens is 420 g/mol. The van der Waals surface area contributed by atoms with E-state index >= 15 is 0 Å². The summed E-state index contributed by atoms with van der Waals surface area (Å²) in [4.78, 5) is 43.2. The molecule has 10 heteroatoms. The molecule has 0 atom stereocenters. The first kappa shape index (κ1) is 21.6. The maximum Gasteiger partial charge on any atom is 0.317 e. The van der Waals surface area contributed by atoms with Gasteiger partial charge in [0.25, 0.3) is 0 Å². The van der Waals surface area contributed by atoms with Crippen molar-refractivity contribution in [3.8, 4) is 0 Å². The van der Waals surface area contributed by atoms with Gasteiger partial charge in [0.05, 0.1) is 11.9 Å². The molecule has 3 aliphatic rings.